The Labute approximate surface area is 59.4 Å². The fraction of sp³-hybridized carbons (Fsp3) is 0.400. The molecule has 0 amide bonds. The molecule has 0 saturated heterocycles. The van der Waals surface area contributed by atoms with Crippen LogP contribution in [-0.2, 0) is 6.30 Å². The predicted octanol–water partition coefficient (Wildman–Crippen LogP) is 0.961. The number of H-pyrrole nitrogens is 1. The highest BCUT2D eigenvalue weighted by atomic mass is 19.4. The molecule has 0 radical (unpaired) electrons. The normalized spacial score (nSPS) is 12.0. The summed E-state index contributed by atoms with van der Waals surface area (Å²) in [5, 5.41) is 1.79. The van der Waals surface area contributed by atoms with E-state index in [1.807, 2.05) is 0 Å². The molecule has 1 aromatic heterocycles. The monoisotopic (exact) mass is 166 g/mol. The van der Waals surface area contributed by atoms with Gasteiger partial charge in [-0.05, 0) is 6.92 Å². The van der Waals surface area contributed by atoms with Crippen molar-refractivity contribution in [2.24, 2.45) is 0 Å². The molecule has 0 unspecified atom stereocenters. The van der Waals surface area contributed by atoms with Crippen LogP contribution in [0.4, 0.5) is 13.2 Å². The van der Waals surface area contributed by atoms with Crippen molar-refractivity contribution in [3.63, 3.8) is 0 Å². The first-order valence-corrected chi connectivity index (χ1v) is 2.77. The van der Waals surface area contributed by atoms with Gasteiger partial charge in [0.2, 0.25) is 0 Å². The summed E-state index contributed by atoms with van der Waals surface area (Å²) in [5.41, 5.74) is -1.01. The summed E-state index contributed by atoms with van der Waals surface area (Å²) in [6.07, 6.45) is -3.64. The first-order valence-electron chi connectivity index (χ1n) is 2.77. The number of rotatable bonds is 0. The highest BCUT2D eigenvalue weighted by Gasteiger charge is 2.33. The summed E-state index contributed by atoms with van der Waals surface area (Å²) in [6, 6.07) is 0. The van der Waals surface area contributed by atoms with Gasteiger partial charge in [-0.25, -0.2) is 0 Å². The second kappa shape index (κ2) is 2.14. The van der Waals surface area contributed by atoms with E-state index in [4.69, 9.17) is 0 Å². The van der Waals surface area contributed by atoms with Gasteiger partial charge >= 0.3 is 6.30 Å². The van der Waals surface area contributed by atoms with Gasteiger partial charge in [0.05, 0.1) is 0 Å². The average molecular weight is 166 g/mol. The first kappa shape index (κ1) is 7.90. The summed E-state index contributed by atoms with van der Waals surface area (Å²) in [7, 11) is 0. The largest absolute Gasteiger partial charge is 0.505 e. The topological polar surface area (TPSA) is 37.8 Å². The molecule has 0 spiro atoms. The Kier molecular flexibility index (Phi) is 1.54. The molecule has 62 valence electrons. The molecule has 1 N–H and O–H groups in total. The highest BCUT2D eigenvalue weighted by molar-refractivity contribution is 5.00. The quantitative estimate of drug-likeness (QED) is 0.612. The second-order valence-electron chi connectivity index (χ2n) is 2.06. The number of aromatic amines is 1. The SMILES string of the molecule is Cc1c[nH]n(C(F)(F)F)c1=O. The van der Waals surface area contributed by atoms with E-state index in [1.54, 1.807) is 5.10 Å². The van der Waals surface area contributed by atoms with E-state index in [1.165, 1.54) is 6.92 Å². The molecule has 0 aliphatic rings. The van der Waals surface area contributed by atoms with E-state index >= 15 is 0 Å². The molecule has 0 atom stereocenters. The number of hydrogen-bond acceptors (Lipinski definition) is 1. The van der Waals surface area contributed by atoms with Crippen molar-refractivity contribution in [1.82, 2.24) is 9.78 Å². The molecule has 0 fully saturated rings. The minimum absolute atomic E-state index is 0.0438. The van der Waals surface area contributed by atoms with E-state index in [2.05, 4.69) is 0 Å². The van der Waals surface area contributed by atoms with Crippen molar-refractivity contribution in [3.8, 4) is 0 Å². The van der Waals surface area contributed by atoms with Crippen molar-refractivity contribution >= 4 is 0 Å². The Morgan fingerprint density at radius 2 is 2.09 bits per heavy atom. The van der Waals surface area contributed by atoms with Crippen LogP contribution in [0.5, 0.6) is 0 Å². The van der Waals surface area contributed by atoms with E-state index in [0.717, 1.165) is 6.20 Å². The van der Waals surface area contributed by atoms with Crippen LogP contribution in [0.15, 0.2) is 11.0 Å². The van der Waals surface area contributed by atoms with Gasteiger partial charge in [0.15, 0.2) is 0 Å². The maximum atomic E-state index is 11.8. The number of hydrogen-bond donors (Lipinski definition) is 1. The minimum atomic E-state index is -4.65. The number of nitrogens with zero attached hydrogens (tertiary/aromatic N) is 1. The zero-order chi connectivity index (χ0) is 8.65. The first-order chi connectivity index (χ1) is 4.93. The maximum absolute atomic E-state index is 11.8. The Morgan fingerprint density at radius 3 is 2.27 bits per heavy atom. The Hall–Kier alpha value is -1.20. The molecule has 3 nitrogen and oxygen atoms in total. The summed E-state index contributed by atoms with van der Waals surface area (Å²) in [4.78, 5) is 10.6. The maximum Gasteiger partial charge on any atom is 0.505 e. The Balaban J connectivity index is 3.27. The molecule has 0 aromatic carbocycles. The van der Waals surface area contributed by atoms with Gasteiger partial charge in [0, 0.05) is 11.8 Å². The van der Waals surface area contributed by atoms with Crippen molar-refractivity contribution in [2.45, 2.75) is 13.2 Å². The average Bonchev–Trinajstić information content (AvgIpc) is 2.11. The van der Waals surface area contributed by atoms with Crippen molar-refractivity contribution in [1.29, 1.82) is 0 Å². The third-order valence-corrected chi connectivity index (χ3v) is 1.20. The van der Waals surface area contributed by atoms with Crippen LogP contribution in [-0.4, -0.2) is 9.78 Å². The van der Waals surface area contributed by atoms with Gasteiger partial charge < -0.3 is 0 Å². The van der Waals surface area contributed by atoms with Gasteiger partial charge in [-0.1, -0.05) is 0 Å². The van der Waals surface area contributed by atoms with Gasteiger partial charge in [-0.2, -0.15) is 4.68 Å². The second-order valence-corrected chi connectivity index (χ2v) is 2.06. The lowest BCUT2D eigenvalue weighted by Crippen LogP contribution is -2.29. The zero-order valence-electron chi connectivity index (χ0n) is 5.57. The lowest BCUT2D eigenvalue weighted by atomic mass is 10.4. The molecule has 0 bridgehead atoms. The van der Waals surface area contributed by atoms with Gasteiger partial charge in [0.25, 0.3) is 5.56 Å². The number of alkyl halides is 3. The molecule has 1 rings (SSSR count). The number of aromatic nitrogens is 2. The summed E-state index contributed by atoms with van der Waals surface area (Å²) in [6.45, 7) is 1.31. The molecule has 0 saturated carbocycles. The van der Waals surface area contributed by atoms with Crippen LogP contribution in [0.3, 0.4) is 0 Å². The molecule has 1 aromatic rings. The molecular weight excluding hydrogens is 161 g/mol. The number of aryl methyl sites for hydroxylation is 1. The van der Waals surface area contributed by atoms with E-state index < -0.39 is 11.9 Å². The lowest BCUT2D eigenvalue weighted by Gasteiger charge is -2.03. The van der Waals surface area contributed by atoms with E-state index in [0.29, 0.717) is 0 Å². The lowest BCUT2D eigenvalue weighted by molar-refractivity contribution is -0.214. The molecule has 0 aliphatic heterocycles. The van der Waals surface area contributed by atoms with Crippen LogP contribution in [0.2, 0.25) is 0 Å². The molecule has 11 heavy (non-hydrogen) atoms. The van der Waals surface area contributed by atoms with Crippen molar-refractivity contribution in [2.75, 3.05) is 0 Å². The fourth-order valence-electron chi connectivity index (χ4n) is 0.646. The summed E-state index contributed by atoms with van der Waals surface area (Å²) < 4.78 is 35.0. The van der Waals surface area contributed by atoms with Crippen LogP contribution >= 0.6 is 0 Å². The third-order valence-electron chi connectivity index (χ3n) is 1.20. The van der Waals surface area contributed by atoms with Crippen molar-refractivity contribution < 1.29 is 13.2 Å². The van der Waals surface area contributed by atoms with Crippen LogP contribution in [0.1, 0.15) is 5.56 Å². The standard InChI is InChI=1S/C5H5F3N2O/c1-3-2-9-10(4(3)11)5(6,7)8/h2,9H,1H3. The van der Waals surface area contributed by atoms with Crippen LogP contribution in [0, 0.1) is 6.92 Å². The van der Waals surface area contributed by atoms with Crippen LogP contribution in [0.25, 0.3) is 0 Å². The minimum Gasteiger partial charge on any atom is -0.295 e. The van der Waals surface area contributed by atoms with E-state index in [-0.39, 0.29) is 10.2 Å². The molecule has 1 heterocycles. The highest BCUT2D eigenvalue weighted by Crippen LogP contribution is 2.18. The van der Waals surface area contributed by atoms with E-state index in [9.17, 15) is 18.0 Å². The Bertz CT molecular complexity index is 308. The predicted molar refractivity (Wildman–Crippen MR) is 31.1 cm³/mol. The number of nitrogens with one attached hydrogen (secondary N) is 1. The van der Waals surface area contributed by atoms with Gasteiger partial charge in [-0.15, -0.1) is 13.2 Å². The van der Waals surface area contributed by atoms with Crippen LogP contribution < -0.4 is 5.56 Å². The smallest absolute Gasteiger partial charge is 0.295 e. The molecule has 0 aliphatic carbocycles. The third kappa shape index (κ3) is 1.28. The number of halogens is 3. The van der Waals surface area contributed by atoms with Crippen molar-refractivity contribution in [3.05, 3.63) is 22.1 Å². The van der Waals surface area contributed by atoms with Gasteiger partial charge in [0.1, 0.15) is 0 Å². The fourth-order valence-corrected chi connectivity index (χ4v) is 0.646. The zero-order valence-corrected chi connectivity index (χ0v) is 5.57. The summed E-state index contributed by atoms with van der Waals surface area (Å²) in [5.74, 6) is 0. The summed E-state index contributed by atoms with van der Waals surface area (Å²) >= 11 is 0. The molecular formula is C5H5F3N2O. The molecule has 6 heteroatoms. The Morgan fingerprint density at radius 1 is 1.55 bits per heavy atom. The van der Waals surface area contributed by atoms with Gasteiger partial charge in [-0.3, -0.25) is 9.89 Å².